The number of H-pyrrole nitrogens is 1. The molecule has 0 saturated carbocycles. The van der Waals surface area contributed by atoms with E-state index in [1.54, 1.807) is 0 Å². The van der Waals surface area contributed by atoms with E-state index in [-0.39, 0.29) is 0 Å². The smallest absolute Gasteiger partial charge is 0.226 e. The van der Waals surface area contributed by atoms with E-state index < -0.39 is 25.4 Å². The number of nitrogens with zero attached hydrogens (tertiary/aromatic N) is 3. The predicted octanol–water partition coefficient (Wildman–Crippen LogP) is -0.698. The Kier molecular flexibility index (Phi) is 4.89. The van der Waals surface area contributed by atoms with Crippen LogP contribution in [0.2, 0.25) is 0 Å². The van der Waals surface area contributed by atoms with Gasteiger partial charge in [-0.25, -0.2) is 0 Å². The van der Waals surface area contributed by atoms with Gasteiger partial charge in [-0.3, -0.25) is 5.10 Å². The first-order valence-electron chi connectivity index (χ1n) is 6.73. The minimum Gasteiger partial charge on any atom is -0.394 e. The topological polar surface area (TPSA) is 139 Å². The fourth-order valence-corrected chi connectivity index (χ4v) is 1.77. The van der Waals surface area contributed by atoms with E-state index >= 15 is 0 Å². The second kappa shape index (κ2) is 6.66. The second-order valence-corrected chi connectivity index (χ2v) is 4.83. The monoisotopic (exact) mass is 296 g/mol. The zero-order valence-corrected chi connectivity index (χ0v) is 11.8. The van der Waals surface area contributed by atoms with Crippen molar-refractivity contribution in [2.45, 2.75) is 18.9 Å². The van der Waals surface area contributed by atoms with Gasteiger partial charge in [0.05, 0.1) is 31.4 Å². The van der Waals surface area contributed by atoms with Crippen molar-refractivity contribution in [1.29, 1.82) is 0 Å². The molecule has 6 N–H and O–H groups in total. The van der Waals surface area contributed by atoms with Crippen molar-refractivity contribution in [2.24, 2.45) is 0 Å². The number of anilines is 2. The molecule has 0 aliphatic heterocycles. The van der Waals surface area contributed by atoms with Crippen LogP contribution in [0, 0.1) is 0 Å². The summed E-state index contributed by atoms with van der Waals surface area (Å²) >= 11 is 0. The Bertz CT molecular complexity index is 575. The minimum absolute atomic E-state index is 0.379. The van der Waals surface area contributed by atoms with Crippen molar-refractivity contribution in [1.82, 2.24) is 20.2 Å². The van der Waals surface area contributed by atoms with Crippen LogP contribution in [0.5, 0.6) is 0 Å². The molecule has 0 bridgehead atoms. The van der Waals surface area contributed by atoms with Gasteiger partial charge in [-0.2, -0.15) is 15.1 Å². The quantitative estimate of drug-likeness (QED) is 0.376. The lowest BCUT2D eigenvalue weighted by molar-refractivity contribution is 0.0832. The Balaban J connectivity index is 2.38. The average molecular weight is 296 g/mol. The van der Waals surface area contributed by atoms with Crippen LogP contribution >= 0.6 is 0 Å². The molecule has 116 valence electrons. The molecule has 0 radical (unpaired) electrons. The Hall–Kier alpha value is -1.97. The molecule has 0 saturated heterocycles. The van der Waals surface area contributed by atoms with Gasteiger partial charge in [-0.05, 0) is 6.42 Å². The van der Waals surface area contributed by atoms with Gasteiger partial charge in [0.2, 0.25) is 5.95 Å². The normalized spacial score (nSPS) is 11.8. The number of nitrogens with one attached hydrogen (secondary N) is 3. The molecule has 0 atom stereocenters. The number of hydrogen-bond donors (Lipinski definition) is 6. The van der Waals surface area contributed by atoms with Gasteiger partial charge in [0.15, 0.2) is 5.65 Å². The van der Waals surface area contributed by atoms with Crippen molar-refractivity contribution in [3.8, 4) is 0 Å². The van der Waals surface area contributed by atoms with Crippen molar-refractivity contribution in [3.63, 3.8) is 0 Å². The summed E-state index contributed by atoms with van der Waals surface area (Å²) in [6, 6.07) is 0. The lowest BCUT2D eigenvalue weighted by atomic mass is 10.0. The summed E-state index contributed by atoms with van der Waals surface area (Å²) in [5, 5.41) is 41.4. The van der Waals surface area contributed by atoms with E-state index in [0.717, 1.165) is 6.42 Å². The van der Waals surface area contributed by atoms with E-state index in [0.29, 0.717) is 29.3 Å². The third-order valence-corrected chi connectivity index (χ3v) is 3.13. The summed E-state index contributed by atoms with van der Waals surface area (Å²) in [6.45, 7) is 1.41. The molecule has 9 heteroatoms. The average Bonchev–Trinajstić information content (AvgIpc) is 2.99. The van der Waals surface area contributed by atoms with Gasteiger partial charge in [0, 0.05) is 6.54 Å². The van der Waals surface area contributed by atoms with Gasteiger partial charge in [-0.15, -0.1) is 0 Å². The van der Waals surface area contributed by atoms with Crippen LogP contribution in [0.4, 0.5) is 11.8 Å². The van der Waals surface area contributed by atoms with Gasteiger partial charge in [-0.1, -0.05) is 6.92 Å². The zero-order valence-electron chi connectivity index (χ0n) is 11.8. The highest BCUT2D eigenvalue weighted by atomic mass is 16.3. The zero-order chi connectivity index (χ0) is 15.3. The summed E-state index contributed by atoms with van der Waals surface area (Å²) in [7, 11) is 0. The number of aliphatic hydroxyl groups is 3. The highest BCUT2D eigenvalue weighted by Gasteiger charge is 2.29. The summed E-state index contributed by atoms with van der Waals surface area (Å²) in [4.78, 5) is 8.59. The maximum Gasteiger partial charge on any atom is 0.226 e. The first-order chi connectivity index (χ1) is 10.2. The Labute approximate surface area is 121 Å². The van der Waals surface area contributed by atoms with E-state index in [1.807, 2.05) is 6.92 Å². The van der Waals surface area contributed by atoms with Gasteiger partial charge < -0.3 is 26.0 Å². The van der Waals surface area contributed by atoms with Crippen LogP contribution < -0.4 is 10.6 Å². The molecular formula is C12H20N6O3. The number of fused-ring (bicyclic) bond motifs is 1. The number of rotatable bonds is 8. The molecule has 2 aromatic heterocycles. The maximum absolute atomic E-state index is 9.41. The molecule has 21 heavy (non-hydrogen) atoms. The molecular weight excluding hydrogens is 276 g/mol. The molecule has 0 unspecified atom stereocenters. The third kappa shape index (κ3) is 3.20. The number of aromatic nitrogens is 4. The SMILES string of the molecule is CCCNc1nc(NC(CO)(CO)CO)c2cn[nH]c2n1. The van der Waals surface area contributed by atoms with Gasteiger partial charge >= 0.3 is 0 Å². The summed E-state index contributed by atoms with van der Waals surface area (Å²) in [6.07, 6.45) is 2.46. The predicted molar refractivity (Wildman–Crippen MR) is 78.1 cm³/mol. The number of aromatic amines is 1. The molecule has 2 heterocycles. The molecule has 0 amide bonds. The Morgan fingerprint density at radius 3 is 2.52 bits per heavy atom. The van der Waals surface area contributed by atoms with E-state index in [4.69, 9.17) is 0 Å². The van der Waals surface area contributed by atoms with Gasteiger partial charge in [0.1, 0.15) is 11.4 Å². The summed E-state index contributed by atoms with van der Waals surface area (Å²) < 4.78 is 0. The lowest BCUT2D eigenvalue weighted by Gasteiger charge is -2.29. The lowest BCUT2D eigenvalue weighted by Crippen LogP contribution is -2.49. The van der Waals surface area contributed by atoms with Crippen molar-refractivity contribution < 1.29 is 15.3 Å². The molecule has 0 aliphatic carbocycles. The van der Waals surface area contributed by atoms with Crippen molar-refractivity contribution in [3.05, 3.63) is 6.20 Å². The van der Waals surface area contributed by atoms with Crippen LogP contribution in [0.25, 0.3) is 11.0 Å². The van der Waals surface area contributed by atoms with Crippen LogP contribution in [0.15, 0.2) is 6.20 Å². The van der Waals surface area contributed by atoms with E-state index in [1.165, 1.54) is 6.20 Å². The van der Waals surface area contributed by atoms with E-state index in [9.17, 15) is 15.3 Å². The molecule has 2 rings (SSSR count). The van der Waals surface area contributed by atoms with Crippen LogP contribution in [0.3, 0.4) is 0 Å². The fraction of sp³-hybridized carbons (Fsp3) is 0.583. The maximum atomic E-state index is 9.41. The third-order valence-electron chi connectivity index (χ3n) is 3.13. The second-order valence-electron chi connectivity index (χ2n) is 4.83. The standard InChI is InChI=1S/C12H20N6O3/c1-2-3-13-11-15-9(8-4-14-18-10(8)16-11)17-12(5-19,6-20)7-21/h4,19-21H,2-3,5-7H2,1H3,(H3,13,14,15,16,17,18). The summed E-state index contributed by atoms with van der Waals surface area (Å²) in [5.41, 5.74) is -0.741. The molecule has 0 aromatic carbocycles. The molecule has 2 aromatic rings. The molecule has 0 fully saturated rings. The van der Waals surface area contributed by atoms with E-state index in [2.05, 4.69) is 30.8 Å². The molecule has 0 spiro atoms. The largest absolute Gasteiger partial charge is 0.394 e. The highest BCUT2D eigenvalue weighted by Crippen LogP contribution is 2.23. The van der Waals surface area contributed by atoms with Crippen molar-refractivity contribution >= 4 is 22.8 Å². The van der Waals surface area contributed by atoms with Crippen LogP contribution in [-0.2, 0) is 0 Å². The van der Waals surface area contributed by atoms with Crippen LogP contribution in [-0.4, -0.2) is 67.4 Å². The van der Waals surface area contributed by atoms with Crippen LogP contribution in [0.1, 0.15) is 13.3 Å². The minimum atomic E-state index is -1.26. The fourth-order valence-electron chi connectivity index (χ4n) is 1.77. The number of aliphatic hydroxyl groups excluding tert-OH is 3. The number of hydrogen-bond acceptors (Lipinski definition) is 8. The highest BCUT2D eigenvalue weighted by molar-refractivity contribution is 5.87. The first-order valence-corrected chi connectivity index (χ1v) is 6.73. The summed E-state index contributed by atoms with van der Waals surface area (Å²) in [5.74, 6) is 0.781. The van der Waals surface area contributed by atoms with Gasteiger partial charge in [0.25, 0.3) is 0 Å². The molecule has 0 aliphatic rings. The Morgan fingerprint density at radius 1 is 1.19 bits per heavy atom. The van der Waals surface area contributed by atoms with Crippen molar-refractivity contribution in [2.75, 3.05) is 37.0 Å². The Morgan fingerprint density at radius 2 is 1.90 bits per heavy atom. The molecule has 9 nitrogen and oxygen atoms in total. The first kappa shape index (κ1) is 15.4.